The summed E-state index contributed by atoms with van der Waals surface area (Å²) in [6.07, 6.45) is 1.04. The topological polar surface area (TPSA) is 26.0 Å². The van der Waals surface area contributed by atoms with Crippen LogP contribution in [0, 0.1) is 10.4 Å². The summed E-state index contributed by atoms with van der Waals surface area (Å²) in [5, 5.41) is 4.85. The molecule has 0 aliphatic heterocycles. The van der Waals surface area contributed by atoms with Crippen LogP contribution in [0.5, 0.6) is 0 Å². The summed E-state index contributed by atoms with van der Waals surface area (Å²) in [6.45, 7) is 2.92. The highest BCUT2D eigenvalue weighted by Gasteiger charge is 2.05. The Balaban J connectivity index is 0.000000218. The van der Waals surface area contributed by atoms with E-state index in [1.165, 1.54) is 10.4 Å². The van der Waals surface area contributed by atoms with Gasteiger partial charge in [0, 0.05) is 21.0 Å². The van der Waals surface area contributed by atoms with Crippen LogP contribution in [0.25, 0.3) is 0 Å². The first-order chi connectivity index (χ1) is 10.1. The van der Waals surface area contributed by atoms with Crippen LogP contribution in [-0.2, 0) is 5.75 Å². The number of nitrogens with two attached hydrogens (primary N) is 1. The minimum atomic E-state index is 0.571. The van der Waals surface area contributed by atoms with Crippen molar-refractivity contribution >= 4 is 35.0 Å². The minimum absolute atomic E-state index is 0.571. The molecule has 1 aromatic carbocycles. The molecule has 1 nitrogen and oxygen atoms in total. The van der Waals surface area contributed by atoms with Gasteiger partial charge >= 0.3 is 0 Å². The van der Waals surface area contributed by atoms with Gasteiger partial charge in [-0.3, -0.25) is 0 Å². The fourth-order valence-electron chi connectivity index (χ4n) is 1.85. The van der Waals surface area contributed by atoms with Gasteiger partial charge in [0.15, 0.2) is 0 Å². The molecule has 0 aromatic heterocycles. The Morgan fingerprint density at radius 3 is 2.10 bits per heavy atom. The van der Waals surface area contributed by atoms with E-state index in [9.17, 15) is 0 Å². The van der Waals surface area contributed by atoms with Crippen molar-refractivity contribution < 1.29 is 0 Å². The first kappa shape index (κ1) is 16.7. The molecule has 1 aromatic rings. The first-order valence-electron chi connectivity index (χ1n) is 6.96. The van der Waals surface area contributed by atoms with E-state index in [2.05, 4.69) is 31.2 Å². The summed E-state index contributed by atoms with van der Waals surface area (Å²) < 4.78 is 0. The molecule has 0 fully saturated rings. The van der Waals surface area contributed by atoms with Crippen LogP contribution in [0.1, 0.15) is 18.9 Å². The van der Waals surface area contributed by atoms with Crippen molar-refractivity contribution in [3.8, 4) is 0 Å². The summed E-state index contributed by atoms with van der Waals surface area (Å²) in [5.74, 6) is 0.914. The van der Waals surface area contributed by atoms with Gasteiger partial charge < -0.3 is 5.73 Å². The molecular weight excluding hydrogens is 321 g/mol. The molecule has 1 unspecified atom stereocenters. The maximum atomic E-state index is 6.07. The normalized spacial score (nSPS) is 12.4. The maximum Gasteiger partial charge on any atom is 0.0461 e. The highest BCUT2D eigenvalue weighted by molar-refractivity contribution is 7.99. The molecule has 21 heavy (non-hydrogen) atoms. The second-order valence-electron chi connectivity index (χ2n) is 5.01. The Hall–Kier alpha value is -0.670. The Morgan fingerprint density at radius 1 is 1.05 bits per heavy atom. The molecule has 3 rings (SSSR count). The lowest BCUT2D eigenvalue weighted by molar-refractivity contribution is 0.823. The summed E-state index contributed by atoms with van der Waals surface area (Å²) in [6, 6.07) is 14.1. The van der Waals surface area contributed by atoms with Crippen LogP contribution in [0.2, 0.25) is 10.0 Å². The minimum Gasteiger partial charge on any atom is -0.330 e. The molecule has 0 spiro atoms. The summed E-state index contributed by atoms with van der Waals surface area (Å²) in [7, 11) is 0. The zero-order valence-electron chi connectivity index (χ0n) is 12.0. The third kappa shape index (κ3) is 4.93. The van der Waals surface area contributed by atoms with E-state index >= 15 is 0 Å². The van der Waals surface area contributed by atoms with Gasteiger partial charge in [-0.2, -0.15) is 11.8 Å². The van der Waals surface area contributed by atoms with Gasteiger partial charge in [-0.25, -0.2) is 0 Å². The van der Waals surface area contributed by atoms with Gasteiger partial charge in [-0.05, 0) is 41.1 Å². The summed E-state index contributed by atoms with van der Waals surface area (Å²) in [5.41, 5.74) is 6.63. The monoisotopic (exact) mass is 339 g/mol. The fourth-order valence-corrected chi connectivity index (χ4v) is 3.42. The van der Waals surface area contributed by atoms with Gasteiger partial charge in [-0.15, -0.1) is 0 Å². The number of halogens is 2. The van der Waals surface area contributed by atoms with E-state index in [4.69, 9.17) is 28.9 Å². The van der Waals surface area contributed by atoms with Gasteiger partial charge in [0.1, 0.15) is 0 Å². The Labute approximate surface area is 140 Å². The molecule has 2 aliphatic carbocycles. The molecule has 112 valence electrons. The number of hydrogen-bond acceptors (Lipinski definition) is 2. The Bertz CT molecular complexity index is 637. The fraction of sp³-hybridized carbons (Fsp3) is 0.294. The second kappa shape index (κ2) is 8.09. The quantitative estimate of drug-likeness (QED) is 0.686. The Morgan fingerprint density at radius 2 is 1.67 bits per heavy atom. The average Bonchev–Trinajstić information content (AvgIpc) is 2.43. The molecule has 2 N–H and O–H groups in total. The Kier molecular flexibility index (Phi) is 6.43. The van der Waals surface area contributed by atoms with E-state index in [1.807, 2.05) is 23.9 Å². The van der Waals surface area contributed by atoms with E-state index in [0.29, 0.717) is 10.3 Å². The van der Waals surface area contributed by atoms with Crippen molar-refractivity contribution in [2.24, 2.45) is 5.73 Å². The van der Waals surface area contributed by atoms with Crippen LogP contribution < -0.4 is 5.73 Å². The van der Waals surface area contributed by atoms with Crippen LogP contribution in [0.4, 0.5) is 0 Å². The molecule has 0 bridgehead atoms. The number of benzene rings is 2. The summed E-state index contributed by atoms with van der Waals surface area (Å²) >= 11 is 13.8. The van der Waals surface area contributed by atoms with Crippen molar-refractivity contribution in [2.45, 2.75) is 24.3 Å². The first-order valence-corrected chi connectivity index (χ1v) is 8.76. The standard InChI is InChI=1S/C11H15Cl2NS.C6H4/c1-8(4-5-14)15-7-9-2-3-10(12)6-11(9)13;1-2-6-4-3-5(1)6/h2-3,6,8H,4-5,7,14H2,1H3;1-4H. The van der Waals surface area contributed by atoms with Crippen molar-refractivity contribution in [1.29, 1.82) is 0 Å². The van der Waals surface area contributed by atoms with Crippen molar-refractivity contribution in [3.05, 3.63) is 68.5 Å². The third-order valence-electron chi connectivity index (χ3n) is 3.33. The highest BCUT2D eigenvalue weighted by Crippen LogP contribution is 2.27. The lowest BCUT2D eigenvalue weighted by Crippen LogP contribution is -2.07. The number of rotatable bonds is 5. The van der Waals surface area contributed by atoms with Crippen molar-refractivity contribution in [1.82, 2.24) is 0 Å². The number of hydrogen-bond donors (Lipinski definition) is 1. The maximum absolute atomic E-state index is 6.07. The molecule has 0 heterocycles. The van der Waals surface area contributed by atoms with E-state index in [-0.39, 0.29) is 0 Å². The van der Waals surface area contributed by atoms with Crippen LogP contribution >= 0.6 is 35.0 Å². The third-order valence-corrected chi connectivity index (χ3v) is 5.20. The van der Waals surface area contributed by atoms with Gasteiger partial charge in [0.25, 0.3) is 0 Å². The van der Waals surface area contributed by atoms with Gasteiger partial charge in [-0.1, -0.05) is 60.5 Å². The predicted octanol–water partition coefficient (Wildman–Crippen LogP) is 5.25. The molecule has 0 radical (unpaired) electrons. The molecule has 0 saturated carbocycles. The van der Waals surface area contributed by atoms with Gasteiger partial charge in [0.2, 0.25) is 0 Å². The van der Waals surface area contributed by atoms with Gasteiger partial charge in [0.05, 0.1) is 0 Å². The predicted molar refractivity (Wildman–Crippen MR) is 95.0 cm³/mol. The van der Waals surface area contributed by atoms with Crippen molar-refractivity contribution in [2.75, 3.05) is 6.54 Å². The van der Waals surface area contributed by atoms with Crippen LogP contribution in [0.15, 0.2) is 42.5 Å². The SMILES string of the molecule is CC(CCN)SCc1ccc(Cl)cc1Cl.c1cc2ccc1=2. The van der Waals surface area contributed by atoms with Crippen LogP contribution in [0.3, 0.4) is 0 Å². The molecule has 2 aliphatic rings. The molecule has 0 saturated heterocycles. The van der Waals surface area contributed by atoms with E-state index in [1.54, 1.807) is 6.07 Å². The molecule has 4 heteroatoms. The van der Waals surface area contributed by atoms with Crippen molar-refractivity contribution in [3.63, 3.8) is 0 Å². The van der Waals surface area contributed by atoms with Crippen LogP contribution in [-0.4, -0.2) is 11.8 Å². The zero-order chi connectivity index (χ0) is 15.2. The molecule has 0 amide bonds. The number of thioether (sulfide) groups is 1. The smallest absolute Gasteiger partial charge is 0.0461 e. The largest absolute Gasteiger partial charge is 0.330 e. The summed E-state index contributed by atoms with van der Waals surface area (Å²) in [4.78, 5) is 0. The lowest BCUT2D eigenvalue weighted by Gasteiger charge is -2.10. The lowest BCUT2D eigenvalue weighted by atomic mass is 10.1. The highest BCUT2D eigenvalue weighted by atomic mass is 35.5. The zero-order valence-corrected chi connectivity index (χ0v) is 14.3. The van der Waals surface area contributed by atoms with E-state index < -0.39 is 0 Å². The average molecular weight is 340 g/mol. The molecule has 1 atom stereocenters. The second-order valence-corrected chi connectivity index (χ2v) is 7.28. The van der Waals surface area contributed by atoms with E-state index in [0.717, 1.165) is 29.3 Å². The molecular formula is C17H19Cl2NS.